The van der Waals surface area contributed by atoms with Crippen molar-refractivity contribution in [3.63, 3.8) is 0 Å². The number of esters is 1. The van der Waals surface area contributed by atoms with Crippen LogP contribution in [0.2, 0.25) is 0 Å². The molecule has 2 unspecified atom stereocenters. The molecule has 0 fully saturated rings. The van der Waals surface area contributed by atoms with Crippen molar-refractivity contribution in [1.82, 2.24) is 5.32 Å². The summed E-state index contributed by atoms with van der Waals surface area (Å²) in [5, 5.41) is 3.32. The first kappa shape index (κ1) is 16.5. The first-order chi connectivity index (χ1) is 9.51. The van der Waals surface area contributed by atoms with Crippen molar-refractivity contribution in [2.45, 2.75) is 46.2 Å². The predicted molar refractivity (Wildman–Crippen MR) is 80.0 cm³/mol. The molecule has 2 atom stereocenters. The number of hydrogen-bond donors (Lipinski definition) is 1. The highest BCUT2D eigenvalue weighted by atomic mass is 16.5. The van der Waals surface area contributed by atoms with Crippen molar-refractivity contribution < 1.29 is 14.3 Å². The molecule has 0 saturated heterocycles. The molecular weight excluding hydrogens is 254 g/mol. The van der Waals surface area contributed by atoms with Crippen LogP contribution in [0.1, 0.15) is 32.8 Å². The maximum atomic E-state index is 11.4. The molecule has 0 saturated carbocycles. The molecule has 1 N–H and O–H groups in total. The zero-order chi connectivity index (χ0) is 15.0. The lowest BCUT2D eigenvalue weighted by molar-refractivity contribution is -0.143. The Kier molecular flexibility index (Phi) is 7.09. The van der Waals surface area contributed by atoms with Crippen molar-refractivity contribution in [3.8, 4) is 5.75 Å². The van der Waals surface area contributed by atoms with Gasteiger partial charge in [0.2, 0.25) is 0 Å². The summed E-state index contributed by atoms with van der Waals surface area (Å²) in [7, 11) is 0. The van der Waals surface area contributed by atoms with Gasteiger partial charge in [-0.05, 0) is 39.8 Å². The zero-order valence-electron chi connectivity index (χ0n) is 12.8. The minimum absolute atomic E-state index is 0.0747. The van der Waals surface area contributed by atoms with Crippen molar-refractivity contribution in [2.24, 2.45) is 0 Å². The van der Waals surface area contributed by atoms with Gasteiger partial charge in [-0.1, -0.05) is 17.7 Å². The predicted octanol–water partition coefficient (Wildman–Crippen LogP) is 2.69. The number of nitrogens with one attached hydrogen (secondary N) is 1. The summed E-state index contributed by atoms with van der Waals surface area (Å²) in [4.78, 5) is 11.4. The van der Waals surface area contributed by atoms with E-state index in [1.165, 1.54) is 5.56 Å². The molecule has 0 spiro atoms. The molecule has 0 heterocycles. The van der Waals surface area contributed by atoms with Gasteiger partial charge in [0.15, 0.2) is 0 Å². The third kappa shape index (κ3) is 6.57. The monoisotopic (exact) mass is 279 g/mol. The Bertz CT molecular complexity index is 403. The van der Waals surface area contributed by atoms with Crippen LogP contribution >= 0.6 is 0 Å². The second-order valence-electron chi connectivity index (χ2n) is 5.10. The molecule has 0 aromatic heterocycles. The van der Waals surface area contributed by atoms with E-state index < -0.39 is 0 Å². The van der Waals surface area contributed by atoms with Gasteiger partial charge in [0, 0.05) is 12.1 Å². The Hall–Kier alpha value is -1.55. The molecule has 0 aliphatic heterocycles. The number of ether oxygens (including phenoxy) is 2. The van der Waals surface area contributed by atoms with Crippen LogP contribution in [0.4, 0.5) is 0 Å². The van der Waals surface area contributed by atoms with Crippen LogP contribution in [0.15, 0.2) is 24.3 Å². The maximum absolute atomic E-state index is 11.4. The maximum Gasteiger partial charge on any atom is 0.307 e. The number of aryl methyl sites for hydroxylation is 1. The lowest BCUT2D eigenvalue weighted by Gasteiger charge is -2.19. The fraction of sp³-hybridized carbons (Fsp3) is 0.562. The third-order valence-corrected chi connectivity index (χ3v) is 2.87. The van der Waals surface area contributed by atoms with Crippen LogP contribution < -0.4 is 10.1 Å². The van der Waals surface area contributed by atoms with E-state index in [1.54, 1.807) is 0 Å². The fourth-order valence-electron chi connectivity index (χ4n) is 1.92. The number of carbonyl (C=O) groups is 1. The molecular formula is C16H25NO3. The summed E-state index contributed by atoms with van der Waals surface area (Å²) in [6, 6.07) is 8.22. The Morgan fingerprint density at radius 3 is 2.45 bits per heavy atom. The van der Waals surface area contributed by atoms with E-state index >= 15 is 0 Å². The lowest BCUT2D eigenvalue weighted by atomic mass is 10.2. The molecule has 0 amide bonds. The van der Waals surface area contributed by atoms with Gasteiger partial charge < -0.3 is 14.8 Å². The largest absolute Gasteiger partial charge is 0.492 e. The number of hydrogen-bond acceptors (Lipinski definition) is 4. The molecule has 0 bridgehead atoms. The van der Waals surface area contributed by atoms with Crippen LogP contribution in [0.25, 0.3) is 0 Å². The summed E-state index contributed by atoms with van der Waals surface area (Å²) in [6.07, 6.45) is 0.378. The van der Waals surface area contributed by atoms with E-state index in [1.807, 2.05) is 52.0 Å². The van der Waals surface area contributed by atoms with E-state index in [-0.39, 0.29) is 18.1 Å². The quantitative estimate of drug-likeness (QED) is 0.743. The third-order valence-electron chi connectivity index (χ3n) is 2.87. The first-order valence-electron chi connectivity index (χ1n) is 7.12. The van der Waals surface area contributed by atoms with Gasteiger partial charge >= 0.3 is 5.97 Å². The van der Waals surface area contributed by atoms with Gasteiger partial charge in [0.05, 0.1) is 13.0 Å². The van der Waals surface area contributed by atoms with E-state index in [2.05, 4.69) is 5.32 Å². The van der Waals surface area contributed by atoms with Crippen molar-refractivity contribution >= 4 is 5.97 Å². The first-order valence-corrected chi connectivity index (χ1v) is 7.12. The molecule has 4 nitrogen and oxygen atoms in total. The fourth-order valence-corrected chi connectivity index (χ4v) is 1.92. The van der Waals surface area contributed by atoms with Gasteiger partial charge in [-0.25, -0.2) is 0 Å². The van der Waals surface area contributed by atoms with E-state index in [9.17, 15) is 4.79 Å². The Morgan fingerprint density at radius 2 is 1.85 bits per heavy atom. The highest BCUT2D eigenvalue weighted by Gasteiger charge is 2.12. The highest BCUT2D eigenvalue weighted by Crippen LogP contribution is 2.11. The molecule has 20 heavy (non-hydrogen) atoms. The van der Waals surface area contributed by atoms with Gasteiger partial charge in [0.1, 0.15) is 12.4 Å². The molecule has 0 radical (unpaired) electrons. The normalized spacial score (nSPS) is 13.6. The average molecular weight is 279 g/mol. The molecule has 0 aliphatic carbocycles. The zero-order valence-corrected chi connectivity index (χ0v) is 12.8. The smallest absolute Gasteiger partial charge is 0.307 e. The van der Waals surface area contributed by atoms with E-state index in [4.69, 9.17) is 9.47 Å². The Balaban J connectivity index is 2.27. The summed E-state index contributed by atoms with van der Waals surface area (Å²) in [6.45, 7) is 8.86. The Morgan fingerprint density at radius 1 is 1.20 bits per heavy atom. The van der Waals surface area contributed by atoms with Gasteiger partial charge in [-0.2, -0.15) is 0 Å². The van der Waals surface area contributed by atoms with Crippen LogP contribution in [0.5, 0.6) is 5.75 Å². The van der Waals surface area contributed by atoms with Crippen LogP contribution in [0.3, 0.4) is 0 Å². The van der Waals surface area contributed by atoms with E-state index in [0.717, 1.165) is 5.75 Å². The standard InChI is InChI=1S/C16H25NO3/c1-5-19-16(18)10-13(3)17-14(4)11-20-15-8-6-12(2)7-9-15/h6-9,13-14,17H,5,10-11H2,1-4H3. The molecule has 1 aromatic rings. The van der Waals surface area contributed by atoms with Crippen molar-refractivity contribution in [2.75, 3.05) is 13.2 Å². The van der Waals surface area contributed by atoms with Crippen molar-refractivity contribution in [3.05, 3.63) is 29.8 Å². The SMILES string of the molecule is CCOC(=O)CC(C)NC(C)COc1ccc(C)cc1. The molecule has 1 rings (SSSR count). The second-order valence-corrected chi connectivity index (χ2v) is 5.10. The van der Waals surface area contributed by atoms with Crippen LogP contribution in [0, 0.1) is 6.92 Å². The van der Waals surface area contributed by atoms with Gasteiger partial charge in [0.25, 0.3) is 0 Å². The van der Waals surface area contributed by atoms with Crippen LogP contribution in [-0.4, -0.2) is 31.3 Å². The van der Waals surface area contributed by atoms with Gasteiger partial charge in [-0.3, -0.25) is 4.79 Å². The molecule has 1 aromatic carbocycles. The lowest BCUT2D eigenvalue weighted by Crippen LogP contribution is -2.39. The summed E-state index contributed by atoms with van der Waals surface area (Å²) >= 11 is 0. The number of benzene rings is 1. The summed E-state index contributed by atoms with van der Waals surface area (Å²) in [5.41, 5.74) is 1.21. The highest BCUT2D eigenvalue weighted by molar-refractivity contribution is 5.70. The number of carbonyl (C=O) groups excluding carboxylic acids is 1. The summed E-state index contributed by atoms with van der Waals surface area (Å²) < 4.78 is 10.6. The molecule has 112 valence electrons. The van der Waals surface area contributed by atoms with E-state index in [0.29, 0.717) is 19.6 Å². The van der Waals surface area contributed by atoms with Crippen molar-refractivity contribution in [1.29, 1.82) is 0 Å². The van der Waals surface area contributed by atoms with Crippen LogP contribution in [-0.2, 0) is 9.53 Å². The minimum Gasteiger partial charge on any atom is -0.492 e. The van der Waals surface area contributed by atoms with Gasteiger partial charge in [-0.15, -0.1) is 0 Å². The summed E-state index contributed by atoms with van der Waals surface area (Å²) in [5.74, 6) is 0.696. The topological polar surface area (TPSA) is 47.6 Å². The Labute approximate surface area is 121 Å². The minimum atomic E-state index is -0.167. The number of rotatable bonds is 8. The molecule has 0 aliphatic rings. The average Bonchev–Trinajstić information content (AvgIpc) is 2.38. The second kappa shape index (κ2) is 8.59. The molecule has 4 heteroatoms.